The first-order valence-electron chi connectivity index (χ1n) is 11.5. The molecule has 0 unspecified atom stereocenters. The minimum Gasteiger partial charge on any atom is -0.467 e. The second-order valence-electron chi connectivity index (χ2n) is 8.41. The van der Waals surface area contributed by atoms with E-state index in [4.69, 9.17) is 4.42 Å². The van der Waals surface area contributed by atoms with Crippen LogP contribution >= 0.6 is 11.8 Å². The van der Waals surface area contributed by atoms with E-state index in [0.29, 0.717) is 11.7 Å². The van der Waals surface area contributed by atoms with Gasteiger partial charge in [0.15, 0.2) is 10.9 Å². The molecule has 0 saturated carbocycles. The molecule has 2 aromatic carbocycles. The van der Waals surface area contributed by atoms with Crippen LogP contribution in [0, 0.1) is 13.8 Å². The summed E-state index contributed by atoms with van der Waals surface area (Å²) in [5.41, 5.74) is 5.11. The van der Waals surface area contributed by atoms with E-state index < -0.39 is 0 Å². The molecule has 0 atom stereocenters. The molecule has 0 aliphatic rings. The Hall–Kier alpha value is -3.84. The Balaban J connectivity index is 1.40. The van der Waals surface area contributed by atoms with Crippen LogP contribution in [0.4, 0.5) is 0 Å². The summed E-state index contributed by atoms with van der Waals surface area (Å²) in [6.45, 7) is 4.62. The van der Waals surface area contributed by atoms with Crippen molar-refractivity contribution in [2.75, 3.05) is 5.75 Å². The second-order valence-corrected chi connectivity index (χ2v) is 9.35. The van der Waals surface area contributed by atoms with Crippen LogP contribution in [-0.2, 0) is 6.54 Å². The van der Waals surface area contributed by atoms with E-state index in [1.54, 1.807) is 12.6 Å². The Bertz CT molecular complexity index is 1370. The van der Waals surface area contributed by atoms with E-state index in [0.717, 1.165) is 22.7 Å². The zero-order valence-corrected chi connectivity index (χ0v) is 20.5. The number of hydrogen-bond donors (Lipinski definition) is 0. The molecule has 0 fully saturated rings. The number of hydrogen-bond acceptors (Lipinski definition) is 5. The minimum atomic E-state index is -0.0111. The normalized spacial score (nSPS) is 11.3. The molecule has 3 aromatic heterocycles. The summed E-state index contributed by atoms with van der Waals surface area (Å²) in [7, 11) is 0. The lowest BCUT2D eigenvalue weighted by Gasteiger charge is -2.24. The number of aromatic nitrogens is 4. The average molecular weight is 483 g/mol. The van der Waals surface area contributed by atoms with Crippen LogP contribution in [0.15, 0.2) is 101 Å². The third-order valence-electron chi connectivity index (χ3n) is 6.09. The lowest BCUT2D eigenvalue weighted by Crippen LogP contribution is -2.16. The lowest BCUT2D eigenvalue weighted by atomic mass is 9.98. The van der Waals surface area contributed by atoms with E-state index in [1.807, 2.05) is 41.8 Å². The molecule has 0 aliphatic carbocycles. The molecule has 0 radical (unpaired) electrons. The van der Waals surface area contributed by atoms with Crippen LogP contribution in [0.25, 0.3) is 0 Å². The van der Waals surface area contributed by atoms with E-state index in [1.165, 1.54) is 22.9 Å². The summed E-state index contributed by atoms with van der Waals surface area (Å²) in [6.07, 6.45) is 3.30. The fraction of sp³-hybridized carbons (Fsp3) is 0.179. The van der Waals surface area contributed by atoms with Gasteiger partial charge < -0.3 is 13.6 Å². The number of carbonyl (C=O) groups is 1. The molecule has 35 heavy (non-hydrogen) atoms. The van der Waals surface area contributed by atoms with E-state index in [9.17, 15) is 4.79 Å². The molecular weight excluding hydrogens is 456 g/mol. The van der Waals surface area contributed by atoms with Gasteiger partial charge in [0.25, 0.3) is 0 Å². The van der Waals surface area contributed by atoms with Crippen LogP contribution in [0.1, 0.15) is 44.7 Å². The minimum absolute atomic E-state index is 0.0111. The van der Waals surface area contributed by atoms with Gasteiger partial charge >= 0.3 is 0 Å². The predicted octanol–water partition coefficient (Wildman–Crippen LogP) is 5.95. The molecule has 5 rings (SSSR count). The van der Waals surface area contributed by atoms with Crippen LogP contribution in [0.2, 0.25) is 0 Å². The fourth-order valence-electron chi connectivity index (χ4n) is 4.46. The maximum Gasteiger partial charge on any atom is 0.191 e. The van der Waals surface area contributed by atoms with Crippen molar-refractivity contribution in [3.8, 4) is 0 Å². The molecule has 0 spiro atoms. The third kappa shape index (κ3) is 4.86. The molecule has 3 heterocycles. The molecule has 0 aliphatic heterocycles. The first-order valence-corrected chi connectivity index (χ1v) is 12.4. The zero-order chi connectivity index (χ0) is 24.2. The van der Waals surface area contributed by atoms with Gasteiger partial charge in [-0.2, -0.15) is 0 Å². The van der Waals surface area contributed by atoms with Crippen molar-refractivity contribution >= 4 is 17.5 Å². The molecule has 0 amide bonds. The molecule has 0 bridgehead atoms. The Morgan fingerprint density at radius 1 is 0.971 bits per heavy atom. The SMILES string of the molecule is Cc1cc(C(=O)CSc2nncn2Cc2ccco2)c(C)n1C(c1ccccc1)c1ccccc1. The highest BCUT2D eigenvalue weighted by atomic mass is 32.2. The summed E-state index contributed by atoms with van der Waals surface area (Å²) in [5, 5.41) is 8.90. The van der Waals surface area contributed by atoms with E-state index in [-0.39, 0.29) is 17.6 Å². The first-order chi connectivity index (χ1) is 17.1. The van der Waals surface area contributed by atoms with Gasteiger partial charge in [-0.25, -0.2) is 0 Å². The Morgan fingerprint density at radius 3 is 2.29 bits per heavy atom. The number of ketones is 1. The largest absolute Gasteiger partial charge is 0.467 e. The smallest absolute Gasteiger partial charge is 0.191 e. The summed E-state index contributed by atoms with van der Waals surface area (Å²) < 4.78 is 9.58. The average Bonchev–Trinajstić information content (AvgIpc) is 3.62. The van der Waals surface area contributed by atoms with E-state index in [2.05, 4.69) is 70.2 Å². The monoisotopic (exact) mass is 482 g/mol. The topological polar surface area (TPSA) is 65.8 Å². The van der Waals surface area contributed by atoms with Gasteiger partial charge in [0.2, 0.25) is 0 Å². The van der Waals surface area contributed by atoms with Gasteiger partial charge in [0.1, 0.15) is 12.1 Å². The Labute approximate surface area is 208 Å². The van der Waals surface area contributed by atoms with E-state index >= 15 is 0 Å². The third-order valence-corrected chi connectivity index (χ3v) is 7.07. The number of nitrogens with zero attached hydrogens (tertiary/aromatic N) is 4. The molecule has 0 saturated heterocycles. The number of carbonyl (C=O) groups excluding carboxylic acids is 1. The Kier molecular flexibility index (Phi) is 6.68. The highest BCUT2D eigenvalue weighted by molar-refractivity contribution is 7.99. The first kappa shape index (κ1) is 22.9. The number of benzene rings is 2. The number of thioether (sulfide) groups is 1. The van der Waals surface area contributed by atoms with Gasteiger partial charge in [-0.1, -0.05) is 72.4 Å². The van der Waals surface area contributed by atoms with Crippen molar-refractivity contribution in [2.24, 2.45) is 0 Å². The van der Waals surface area contributed by atoms with Crippen LogP contribution in [-0.4, -0.2) is 30.9 Å². The number of furan rings is 1. The van der Waals surface area contributed by atoms with Crippen LogP contribution < -0.4 is 0 Å². The lowest BCUT2D eigenvalue weighted by molar-refractivity contribution is 0.102. The molecule has 0 N–H and O–H groups in total. The van der Waals surface area contributed by atoms with Crippen LogP contribution in [0.3, 0.4) is 0 Å². The second kappa shape index (κ2) is 10.2. The van der Waals surface area contributed by atoms with Crippen molar-refractivity contribution in [2.45, 2.75) is 31.6 Å². The molecule has 176 valence electrons. The van der Waals surface area contributed by atoms with Gasteiger partial charge in [0.05, 0.1) is 24.6 Å². The number of rotatable bonds is 9. The van der Waals surface area contributed by atoms with Crippen molar-refractivity contribution < 1.29 is 9.21 Å². The molecular formula is C28H26N4O2S. The predicted molar refractivity (Wildman–Crippen MR) is 137 cm³/mol. The standard InChI is InChI=1S/C28H26N4O2S/c1-20-16-25(26(33)18-35-28-30-29-19-31(28)17-24-14-9-15-34-24)21(2)32(20)27(22-10-5-3-6-11-22)23-12-7-4-8-13-23/h3-16,19,27H,17-18H2,1-2H3. The molecule has 7 heteroatoms. The highest BCUT2D eigenvalue weighted by Crippen LogP contribution is 2.32. The quantitative estimate of drug-likeness (QED) is 0.192. The number of aryl methyl sites for hydroxylation is 1. The zero-order valence-electron chi connectivity index (χ0n) is 19.7. The summed E-state index contributed by atoms with van der Waals surface area (Å²) in [5.74, 6) is 1.17. The van der Waals surface area contributed by atoms with Gasteiger partial charge in [0, 0.05) is 17.0 Å². The molecule has 6 nitrogen and oxygen atoms in total. The van der Waals surface area contributed by atoms with Crippen LogP contribution in [0.5, 0.6) is 0 Å². The summed E-state index contributed by atoms with van der Waals surface area (Å²) in [6, 6.07) is 26.6. The fourth-order valence-corrected chi connectivity index (χ4v) is 5.26. The summed E-state index contributed by atoms with van der Waals surface area (Å²) in [4.78, 5) is 13.3. The van der Waals surface area contributed by atoms with Crippen molar-refractivity contribution in [1.82, 2.24) is 19.3 Å². The summed E-state index contributed by atoms with van der Waals surface area (Å²) >= 11 is 1.39. The Morgan fingerprint density at radius 2 is 1.66 bits per heavy atom. The highest BCUT2D eigenvalue weighted by Gasteiger charge is 2.24. The molecule has 5 aromatic rings. The number of Topliss-reactive ketones (excluding diaryl/α,β-unsaturated/α-hetero) is 1. The maximum absolute atomic E-state index is 13.3. The van der Waals surface area contributed by atoms with Crippen molar-refractivity contribution in [1.29, 1.82) is 0 Å². The van der Waals surface area contributed by atoms with Gasteiger partial charge in [-0.05, 0) is 43.2 Å². The van der Waals surface area contributed by atoms with Crippen molar-refractivity contribution in [3.63, 3.8) is 0 Å². The maximum atomic E-state index is 13.3. The van der Waals surface area contributed by atoms with Gasteiger partial charge in [-0.15, -0.1) is 10.2 Å². The van der Waals surface area contributed by atoms with Gasteiger partial charge in [-0.3, -0.25) is 4.79 Å². The van der Waals surface area contributed by atoms with Crippen molar-refractivity contribution in [3.05, 3.63) is 125 Å².